The molecule has 4 rings (SSSR count). The van der Waals surface area contributed by atoms with Crippen molar-refractivity contribution in [3.8, 4) is 0 Å². The summed E-state index contributed by atoms with van der Waals surface area (Å²) in [6.07, 6.45) is 1.57. The molecule has 3 heterocycles. The zero-order chi connectivity index (χ0) is 16.7. The van der Waals surface area contributed by atoms with Crippen LogP contribution in [-0.4, -0.2) is 68.9 Å². The first-order valence-corrected chi connectivity index (χ1v) is 9.59. The first-order chi connectivity index (χ1) is 11.6. The number of amidine groups is 1. The molecule has 0 aliphatic carbocycles. The van der Waals surface area contributed by atoms with E-state index >= 15 is 0 Å². The van der Waals surface area contributed by atoms with E-state index in [2.05, 4.69) is 4.40 Å². The van der Waals surface area contributed by atoms with Crippen LogP contribution in [0.15, 0.2) is 33.6 Å². The van der Waals surface area contributed by atoms with Crippen LogP contribution < -0.4 is 0 Å². The molecule has 1 amide bonds. The number of hydrogen-bond donors (Lipinski definition) is 0. The molecule has 0 bridgehead atoms. The Morgan fingerprint density at radius 3 is 2.71 bits per heavy atom. The van der Waals surface area contributed by atoms with Crippen LogP contribution in [0.2, 0.25) is 0 Å². The zero-order valence-corrected chi connectivity index (χ0v) is 14.0. The lowest BCUT2D eigenvalue weighted by Gasteiger charge is -2.33. The summed E-state index contributed by atoms with van der Waals surface area (Å²) >= 11 is 0. The third-order valence-corrected chi connectivity index (χ3v) is 6.07. The number of nitrogens with zero attached hydrogens (tertiary/aromatic N) is 3. The average Bonchev–Trinajstić information content (AvgIpc) is 3.18. The molecule has 24 heavy (non-hydrogen) atoms. The molecule has 0 saturated carbocycles. The summed E-state index contributed by atoms with van der Waals surface area (Å²) in [6.45, 7) is 2.92. The molecule has 2 saturated heterocycles. The molecule has 0 aromatic heterocycles. The van der Waals surface area contributed by atoms with Crippen molar-refractivity contribution in [2.45, 2.75) is 23.8 Å². The van der Waals surface area contributed by atoms with Gasteiger partial charge in [-0.3, -0.25) is 4.79 Å². The minimum absolute atomic E-state index is 0.0419. The molecule has 7 nitrogen and oxygen atoms in total. The first kappa shape index (κ1) is 15.6. The van der Waals surface area contributed by atoms with Gasteiger partial charge in [0, 0.05) is 25.2 Å². The van der Waals surface area contributed by atoms with Crippen LogP contribution in [0.25, 0.3) is 0 Å². The SMILES string of the molecule is O=C(C1CCCN1C1=NS(=O)(=O)c2ccccc21)N1CCOCC1. The van der Waals surface area contributed by atoms with Crippen molar-refractivity contribution in [1.82, 2.24) is 9.80 Å². The Balaban J connectivity index is 1.65. The highest BCUT2D eigenvalue weighted by Gasteiger charge is 2.40. The minimum Gasteiger partial charge on any atom is -0.378 e. The summed E-state index contributed by atoms with van der Waals surface area (Å²) in [6, 6.07) is 6.46. The average molecular weight is 349 g/mol. The van der Waals surface area contributed by atoms with Gasteiger partial charge in [-0.05, 0) is 25.0 Å². The van der Waals surface area contributed by atoms with Gasteiger partial charge in [0.2, 0.25) is 5.91 Å². The van der Waals surface area contributed by atoms with E-state index in [0.717, 1.165) is 12.8 Å². The Morgan fingerprint density at radius 1 is 1.17 bits per heavy atom. The summed E-state index contributed by atoms with van der Waals surface area (Å²) in [4.78, 5) is 16.8. The lowest BCUT2D eigenvalue weighted by molar-refractivity contribution is -0.138. The Morgan fingerprint density at radius 2 is 1.92 bits per heavy atom. The van der Waals surface area contributed by atoms with E-state index in [1.807, 2.05) is 9.80 Å². The van der Waals surface area contributed by atoms with Crippen LogP contribution in [-0.2, 0) is 19.6 Å². The zero-order valence-electron chi connectivity index (χ0n) is 13.2. The van der Waals surface area contributed by atoms with Crippen molar-refractivity contribution >= 4 is 21.8 Å². The van der Waals surface area contributed by atoms with Crippen molar-refractivity contribution in [2.75, 3.05) is 32.8 Å². The second-order valence-corrected chi connectivity index (χ2v) is 7.75. The van der Waals surface area contributed by atoms with Gasteiger partial charge in [-0.15, -0.1) is 4.40 Å². The van der Waals surface area contributed by atoms with E-state index in [1.54, 1.807) is 24.3 Å². The fourth-order valence-corrected chi connectivity index (χ4v) is 4.78. The number of fused-ring (bicyclic) bond motifs is 1. The third-order valence-electron chi connectivity index (χ3n) is 4.75. The van der Waals surface area contributed by atoms with E-state index in [1.165, 1.54) is 0 Å². The first-order valence-electron chi connectivity index (χ1n) is 8.15. The Hall–Kier alpha value is -1.93. The summed E-state index contributed by atoms with van der Waals surface area (Å²) in [5.41, 5.74) is 0.596. The highest BCUT2D eigenvalue weighted by Crippen LogP contribution is 2.31. The van der Waals surface area contributed by atoms with Crippen LogP contribution in [0.4, 0.5) is 0 Å². The van der Waals surface area contributed by atoms with E-state index in [9.17, 15) is 13.2 Å². The van der Waals surface area contributed by atoms with Gasteiger partial charge >= 0.3 is 0 Å². The second-order valence-electron chi connectivity index (χ2n) is 6.18. The number of benzene rings is 1. The molecule has 2 fully saturated rings. The van der Waals surface area contributed by atoms with E-state index in [-0.39, 0.29) is 16.8 Å². The topological polar surface area (TPSA) is 79.3 Å². The molecular weight excluding hydrogens is 330 g/mol. The van der Waals surface area contributed by atoms with Crippen LogP contribution >= 0.6 is 0 Å². The minimum atomic E-state index is -3.66. The molecular formula is C16H19N3O4S. The quantitative estimate of drug-likeness (QED) is 0.736. The van der Waals surface area contributed by atoms with E-state index in [0.29, 0.717) is 44.2 Å². The number of carbonyl (C=O) groups is 1. The Labute approximate surface area is 141 Å². The van der Waals surface area contributed by atoms with Gasteiger partial charge in [-0.1, -0.05) is 12.1 Å². The standard InChI is InChI=1S/C16H19N3O4S/c20-16(18-8-10-23-11-9-18)13-5-3-7-19(13)15-12-4-1-2-6-14(12)24(21,22)17-15/h1-2,4,6,13H,3,5,7-11H2. The maximum absolute atomic E-state index is 12.9. The Bertz CT molecular complexity index is 799. The second kappa shape index (κ2) is 5.86. The maximum Gasteiger partial charge on any atom is 0.285 e. The number of ether oxygens (including phenoxy) is 1. The summed E-state index contributed by atoms with van der Waals surface area (Å²) < 4.78 is 33.8. The predicted molar refractivity (Wildman–Crippen MR) is 87.3 cm³/mol. The molecule has 1 aromatic rings. The fraction of sp³-hybridized carbons (Fsp3) is 0.500. The number of hydrogen-bond acceptors (Lipinski definition) is 5. The monoisotopic (exact) mass is 349 g/mol. The van der Waals surface area contributed by atoms with Gasteiger partial charge in [0.05, 0.1) is 13.2 Å². The number of amides is 1. The van der Waals surface area contributed by atoms with Crippen molar-refractivity contribution < 1.29 is 17.9 Å². The van der Waals surface area contributed by atoms with Gasteiger partial charge in [-0.25, -0.2) is 0 Å². The molecule has 0 N–H and O–H groups in total. The lowest BCUT2D eigenvalue weighted by Crippen LogP contribution is -2.51. The number of likely N-dealkylation sites (tertiary alicyclic amines) is 1. The van der Waals surface area contributed by atoms with Gasteiger partial charge < -0.3 is 14.5 Å². The molecule has 0 spiro atoms. The summed E-state index contributed by atoms with van der Waals surface area (Å²) in [5, 5.41) is 0. The van der Waals surface area contributed by atoms with Crippen LogP contribution in [0, 0.1) is 0 Å². The van der Waals surface area contributed by atoms with Gasteiger partial charge in [-0.2, -0.15) is 8.42 Å². The van der Waals surface area contributed by atoms with E-state index in [4.69, 9.17) is 4.74 Å². The molecule has 128 valence electrons. The molecule has 3 aliphatic rings. The number of rotatable bonds is 1. The molecule has 0 radical (unpaired) electrons. The van der Waals surface area contributed by atoms with Crippen molar-refractivity contribution in [3.05, 3.63) is 29.8 Å². The van der Waals surface area contributed by atoms with Crippen LogP contribution in [0.3, 0.4) is 0 Å². The number of carbonyl (C=O) groups excluding carboxylic acids is 1. The van der Waals surface area contributed by atoms with Crippen LogP contribution in [0.1, 0.15) is 18.4 Å². The van der Waals surface area contributed by atoms with E-state index < -0.39 is 10.0 Å². The van der Waals surface area contributed by atoms with Gasteiger partial charge in [0.15, 0.2) is 5.84 Å². The summed E-state index contributed by atoms with van der Waals surface area (Å²) in [5.74, 6) is 0.454. The maximum atomic E-state index is 12.9. The largest absolute Gasteiger partial charge is 0.378 e. The molecule has 1 atom stereocenters. The number of sulfonamides is 1. The number of morpholine rings is 1. The molecule has 8 heteroatoms. The fourth-order valence-electron chi connectivity index (χ4n) is 3.57. The van der Waals surface area contributed by atoms with Crippen molar-refractivity contribution in [1.29, 1.82) is 0 Å². The van der Waals surface area contributed by atoms with Crippen molar-refractivity contribution in [3.63, 3.8) is 0 Å². The van der Waals surface area contributed by atoms with Crippen LogP contribution in [0.5, 0.6) is 0 Å². The van der Waals surface area contributed by atoms with Crippen molar-refractivity contribution in [2.24, 2.45) is 4.40 Å². The Kier molecular flexibility index (Phi) is 3.80. The third kappa shape index (κ3) is 2.50. The highest BCUT2D eigenvalue weighted by atomic mass is 32.2. The van der Waals surface area contributed by atoms with Gasteiger partial charge in [0.1, 0.15) is 10.9 Å². The van der Waals surface area contributed by atoms with Gasteiger partial charge in [0.25, 0.3) is 10.0 Å². The molecule has 1 unspecified atom stereocenters. The normalized spacial score (nSPS) is 25.5. The smallest absolute Gasteiger partial charge is 0.285 e. The summed E-state index contributed by atoms with van der Waals surface area (Å²) in [7, 11) is -3.66. The lowest BCUT2D eigenvalue weighted by atomic mass is 10.1. The highest BCUT2D eigenvalue weighted by molar-refractivity contribution is 7.90. The predicted octanol–water partition coefficient (Wildman–Crippen LogP) is 0.459. The molecule has 3 aliphatic heterocycles. The molecule has 1 aromatic carbocycles.